The number of benzene rings is 2. The molecule has 2 aliphatic rings. The van der Waals surface area contributed by atoms with Crippen LogP contribution in [0.5, 0.6) is 11.5 Å². The van der Waals surface area contributed by atoms with Crippen molar-refractivity contribution >= 4 is 6.08 Å². The maximum absolute atomic E-state index is 13.6. The first-order valence-corrected chi connectivity index (χ1v) is 8.79. The fourth-order valence-electron chi connectivity index (χ4n) is 3.69. The Morgan fingerprint density at radius 1 is 1.16 bits per heavy atom. The number of hydrogen-bond donors (Lipinski definition) is 1. The maximum atomic E-state index is 13.6. The smallest absolute Gasteiger partial charge is 0.130 e. The van der Waals surface area contributed by atoms with E-state index in [1.165, 1.54) is 11.6 Å². The van der Waals surface area contributed by atoms with Crippen molar-refractivity contribution < 1.29 is 13.9 Å². The molecule has 4 heteroatoms. The molecule has 130 valence electrons. The molecule has 4 rings (SSSR count). The molecule has 0 unspecified atom stereocenters. The van der Waals surface area contributed by atoms with Crippen LogP contribution in [0.25, 0.3) is 6.08 Å². The van der Waals surface area contributed by atoms with Gasteiger partial charge in [0.15, 0.2) is 0 Å². The van der Waals surface area contributed by atoms with E-state index in [1.54, 1.807) is 18.2 Å². The third kappa shape index (κ3) is 3.27. The lowest BCUT2D eigenvalue weighted by atomic mass is 9.75. The van der Waals surface area contributed by atoms with E-state index in [0.29, 0.717) is 12.2 Å². The summed E-state index contributed by atoms with van der Waals surface area (Å²) in [4.78, 5) is 0. The van der Waals surface area contributed by atoms with Crippen LogP contribution in [-0.2, 0) is 5.41 Å². The molecule has 1 saturated heterocycles. The molecule has 1 fully saturated rings. The van der Waals surface area contributed by atoms with Crippen molar-refractivity contribution in [1.82, 2.24) is 5.32 Å². The van der Waals surface area contributed by atoms with Crippen LogP contribution in [0.3, 0.4) is 0 Å². The Bertz CT molecular complexity index is 781. The summed E-state index contributed by atoms with van der Waals surface area (Å²) in [7, 11) is 0. The number of halogens is 1. The molecule has 0 radical (unpaired) electrons. The summed E-state index contributed by atoms with van der Waals surface area (Å²) < 4.78 is 25.3. The minimum atomic E-state index is -0.225. The number of nitrogens with one attached hydrogen (secondary N) is 1. The first-order valence-electron chi connectivity index (χ1n) is 8.79. The standard InChI is InChI=1S/C21H22FNO2/c22-19-6-2-1-4-16(19)5-3-13-24-17-7-8-18-20(14-17)25-15-21(18)9-11-23-12-10-21/h1-8,14,23H,9-13,15H2/b5-3+. The first kappa shape index (κ1) is 16.2. The molecule has 0 saturated carbocycles. The molecule has 0 aliphatic carbocycles. The average Bonchev–Trinajstić information content (AvgIpc) is 2.98. The van der Waals surface area contributed by atoms with Crippen LogP contribution >= 0.6 is 0 Å². The fourth-order valence-corrected chi connectivity index (χ4v) is 3.69. The Hall–Kier alpha value is -2.33. The van der Waals surface area contributed by atoms with E-state index in [4.69, 9.17) is 9.47 Å². The van der Waals surface area contributed by atoms with Gasteiger partial charge in [-0.05, 0) is 44.1 Å². The summed E-state index contributed by atoms with van der Waals surface area (Å²) in [6.07, 6.45) is 5.79. The molecule has 25 heavy (non-hydrogen) atoms. The van der Waals surface area contributed by atoms with Crippen LogP contribution < -0.4 is 14.8 Å². The highest BCUT2D eigenvalue weighted by Gasteiger charge is 2.41. The minimum absolute atomic E-state index is 0.170. The molecule has 0 aromatic heterocycles. The van der Waals surface area contributed by atoms with Crippen LogP contribution in [0.2, 0.25) is 0 Å². The summed E-state index contributed by atoms with van der Waals surface area (Å²) in [6, 6.07) is 12.8. The molecular formula is C21H22FNO2. The second-order valence-electron chi connectivity index (χ2n) is 6.71. The van der Waals surface area contributed by atoms with Gasteiger partial charge in [0, 0.05) is 22.6 Å². The highest BCUT2D eigenvalue weighted by Crippen LogP contribution is 2.45. The van der Waals surface area contributed by atoms with Crippen molar-refractivity contribution in [3.05, 3.63) is 65.5 Å². The van der Waals surface area contributed by atoms with Gasteiger partial charge in [-0.3, -0.25) is 0 Å². The Morgan fingerprint density at radius 2 is 2.00 bits per heavy atom. The Balaban J connectivity index is 1.41. The third-order valence-electron chi connectivity index (χ3n) is 5.14. The van der Waals surface area contributed by atoms with Crippen LogP contribution in [0.15, 0.2) is 48.5 Å². The largest absolute Gasteiger partial charge is 0.492 e. The van der Waals surface area contributed by atoms with Gasteiger partial charge in [0.2, 0.25) is 0 Å². The summed E-state index contributed by atoms with van der Waals surface area (Å²) in [5, 5.41) is 3.42. The second kappa shape index (κ2) is 6.89. The maximum Gasteiger partial charge on any atom is 0.130 e. The zero-order valence-corrected chi connectivity index (χ0v) is 14.1. The lowest BCUT2D eigenvalue weighted by Crippen LogP contribution is -2.40. The van der Waals surface area contributed by atoms with Crippen molar-refractivity contribution in [1.29, 1.82) is 0 Å². The van der Waals surface area contributed by atoms with Crippen molar-refractivity contribution in [2.24, 2.45) is 0 Å². The van der Waals surface area contributed by atoms with E-state index < -0.39 is 0 Å². The van der Waals surface area contributed by atoms with E-state index in [1.807, 2.05) is 24.3 Å². The molecule has 2 aromatic carbocycles. The van der Waals surface area contributed by atoms with Gasteiger partial charge in [0.25, 0.3) is 0 Å². The van der Waals surface area contributed by atoms with Gasteiger partial charge in [-0.2, -0.15) is 0 Å². The molecule has 2 aliphatic heterocycles. The molecule has 1 N–H and O–H groups in total. The highest BCUT2D eigenvalue weighted by atomic mass is 19.1. The molecule has 0 bridgehead atoms. The SMILES string of the molecule is Fc1ccccc1/C=C/COc1ccc2c(c1)OCC21CCNCC1. The van der Waals surface area contributed by atoms with E-state index in [-0.39, 0.29) is 11.2 Å². The number of rotatable bonds is 4. The third-order valence-corrected chi connectivity index (χ3v) is 5.14. The quantitative estimate of drug-likeness (QED) is 0.915. The van der Waals surface area contributed by atoms with Crippen LogP contribution in [-0.4, -0.2) is 26.3 Å². The lowest BCUT2D eigenvalue weighted by molar-refractivity contribution is 0.220. The lowest BCUT2D eigenvalue weighted by Gasteiger charge is -2.32. The van der Waals surface area contributed by atoms with Gasteiger partial charge in [-0.1, -0.05) is 30.3 Å². The topological polar surface area (TPSA) is 30.5 Å². The average molecular weight is 339 g/mol. The van der Waals surface area contributed by atoms with Crippen molar-refractivity contribution in [3.63, 3.8) is 0 Å². The molecule has 2 heterocycles. The molecule has 2 aromatic rings. The first-order chi connectivity index (χ1) is 12.3. The van der Waals surface area contributed by atoms with Crippen LogP contribution in [0.1, 0.15) is 24.0 Å². The van der Waals surface area contributed by atoms with E-state index >= 15 is 0 Å². The van der Waals surface area contributed by atoms with Crippen molar-refractivity contribution in [2.75, 3.05) is 26.3 Å². The Morgan fingerprint density at radius 3 is 2.84 bits per heavy atom. The van der Waals surface area contributed by atoms with Gasteiger partial charge in [-0.25, -0.2) is 4.39 Å². The number of ether oxygens (including phenoxy) is 2. The molecule has 0 amide bonds. The Labute approximate surface area is 147 Å². The van der Waals surface area contributed by atoms with Crippen LogP contribution in [0.4, 0.5) is 4.39 Å². The number of piperidine rings is 1. The number of hydrogen-bond acceptors (Lipinski definition) is 3. The molecule has 1 spiro atoms. The summed E-state index contributed by atoms with van der Waals surface area (Å²) >= 11 is 0. The number of fused-ring (bicyclic) bond motifs is 2. The zero-order valence-electron chi connectivity index (χ0n) is 14.1. The van der Waals surface area contributed by atoms with Gasteiger partial charge >= 0.3 is 0 Å². The summed E-state index contributed by atoms with van der Waals surface area (Å²) in [6.45, 7) is 3.24. The normalized spacial score (nSPS) is 18.3. The Kier molecular flexibility index (Phi) is 4.45. The van der Waals surface area contributed by atoms with Gasteiger partial charge in [-0.15, -0.1) is 0 Å². The fraction of sp³-hybridized carbons (Fsp3) is 0.333. The van der Waals surface area contributed by atoms with E-state index in [0.717, 1.165) is 44.0 Å². The predicted octanol–water partition coefficient (Wildman–Crippen LogP) is 3.93. The minimum Gasteiger partial charge on any atom is -0.492 e. The molecule has 3 nitrogen and oxygen atoms in total. The van der Waals surface area contributed by atoms with Crippen LogP contribution in [0, 0.1) is 5.82 Å². The molecular weight excluding hydrogens is 317 g/mol. The van der Waals surface area contributed by atoms with Crippen molar-refractivity contribution in [2.45, 2.75) is 18.3 Å². The predicted molar refractivity (Wildman–Crippen MR) is 96.6 cm³/mol. The van der Waals surface area contributed by atoms with Crippen molar-refractivity contribution in [3.8, 4) is 11.5 Å². The van der Waals surface area contributed by atoms with E-state index in [9.17, 15) is 4.39 Å². The second-order valence-corrected chi connectivity index (χ2v) is 6.71. The summed E-state index contributed by atoms with van der Waals surface area (Å²) in [5.74, 6) is 1.50. The molecule has 0 atom stereocenters. The van der Waals surface area contributed by atoms with E-state index in [2.05, 4.69) is 11.4 Å². The van der Waals surface area contributed by atoms with Gasteiger partial charge in [0.05, 0.1) is 6.61 Å². The van der Waals surface area contributed by atoms with Gasteiger partial charge < -0.3 is 14.8 Å². The zero-order chi connectivity index (χ0) is 17.1. The monoisotopic (exact) mass is 339 g/mol. The highest BCUT2D eigenvalue weighted by molar-refractivity contribution is 5.50. The summed E-state index contributed by atoms with van der Waals surface area (Å²) in [5.41, 5.74) is 2.05. The van der Waals surface area contributed by atoms with Gasteiger partial charge in [0.1, 0.15) is 23.9 Å².